The molecule has 2 aromatic heterocycles. The number of aryl methyl sites for hydroxylation is 1. The number of halogens is 1. The second kappa shape index (κ2) is 4.92. The van der Waals surface area contributed by atoms with Gasteiger partial charge in [-0.15, -0.1) is 0 Å². The highest BCUT2D eigenvalue weighted by Gasteiger charge is 2.27. The van der Waals surface area contributed by atoms with E-state index in [9.17, 15) is 0 Å². The van der Waals surface area contributed by atoms with Crippen molar-refractivity contribution < 1.29 is 0 Å². The summed E-state index contributed by atoms with van der Waals surface area (Å²) < 4.78 is 2.67. The minimum absolute atomic E-state index is 0.558. The topological polar surface area (TPSA) is 46.8 Å². The van der Waals surface area contributed by atoms with Crippen LogP contribution in [0.25, 0.3) is 0 Å². The second-order valence-corrected chi connectivity index (χ2v) is 5.87. The van der Waals surface area contributed by atoms with Crippen LogP contribution in [0.2, 0.25) is 0 Å². The zero-order valence-corrected chi connectivity index (χ0v) is 12.6. The molecule has 1 aliphatic carbocycles. The minimum Gasteiger partial charge on any atom is -0.355 e. The molecule has 0 spiro atoms. The molecular formula is C13H16BrN5. The molecule has 0 N–H and O–H groups in total. The molecule has 0 bridgehead atoms. The molecule has 0 radical (unpaired) electrons. The summed E-state index contributed by atoms with van der Waals surface area (Å²) in [4.78, 5) is 11.2. The molecule has 0 aromatic carbocycles. The van der Waals surface area contributed by atoms with Crippen LogP contribution in [-0.2, 0) is 13.6 Å². The Morgan fingerprint density at radius 1 is 1.42 bits per heavy atom. The van der Waals surface area contributed by atoms with Crippen molar-refractivity contribution in [2.75, 3.05) is 11.9 Å². The van der Waals surface area contributed by atoms with E-state index in [1.807, 2.05) is 37.2 Å². The molecule has 0 atom stereocenters. The van der Waals surface area contributed by atoms with E-state index in [1.165, 1.54) is 18.4 Å². The molecule has 0 amide bonds. The van der Waals surface area contributed by atoms with E-state index in [2.05, 4.69) is 35.9 Å². The van der Waals surface area contributed by atoms with Crippen LogP contribution >= 0.6 is 15.9 Å². The van der Waals surface area contributed by atoms with E-state index in [4.69, 9.17) is 0 Å². The van der Waals surface area contributed by atoms with Gasteiger partial charge in [0.1, 0.15) is 16.2 Å². The van der Waals surface area contributed by atoms with Crippen LogP contribution in [0.15, 0.2) is 23.1 Å². The van der Waals surface area contributed by atoms with Gasteiger partial charge in [-0.1, -0.05) is 0 Å². The van der Waals surface area contributed by atoms with E-state index in [0.29, 0.717) is 5.92 Å². The summed E-state index contributed by atoms with van der Waals surface area (Å²) in [7, 11) is 3.97. The number of hydrogen-bond acceptors (Lipinski definition) is 4. The smallest absolute Gasteiger partial charge is 0.135 e. The molecule has 0 unspecified atom stereocenters. The van der Waals surface area contributed by atoms with E-state index < -0.39 is 0 Å². The van der Waals surface area contributed by atoms with Crippen LogP contribution < -0.4 is 4.90 Å². The van der Waals surface area contributed by atoms with E-state index in [-0.39, 0.29) is 0 Å². The minimum atomic E-state index is 0.558. The molecule has 100 valence electrons. The van der Waals surface area contributed by atoms with Crippen molar-refractivity contribution in [2.24, 2.45) is 7.05 Å². The van der Waals surface area contributed by atoms with Gasteiger partial charge < -0.3 is 4.90 Å². The lowest BCUT2D eigenvalue weighted by Crippen LogP contribution is -2.18. The molecule has 3 rings (SSSR count). The van der Waals surface area contributed by atoms with Crippen molar-refractivity contribution in [3.63, 3.8) is 0 Å². The Bertz CT molecular complexity index is 590. The zero-order chi connectivity index (χ0) is 13.4. The fraction of sp³-hybridized carbons (Fsp3) is 0.462. The van der Waals surface area contributed by atoms with Gasteiger partial charge in [0.15, 0.2) is 0 Å². The highest BCUT2D eigenvalue weighted by molar-refractivity contribution is 9.10. The largest absolute Gasteiger partial charge is 0.355 e. The van der Waals surface area contributed by atoms with Crippen LogP contribution in [0.4, 0.5) is 5.82 Å². The van der Waals surface area contributed by atoms with Crippen LogP contribution in [-0.4, -0.2) is 26.8 Å². The predicted molar refractivity (Wildman–Crippen MR) is 77.0 cm³/mol. The zero-order valence-electron chi connectivity index (χ0n) is 11.0. The second-order valence-electron chi connectivity index (χ2n) is 5.06. The van der Waals surface area contributed by atoms with Crippen molar-refractivity contribution in [1.29, 1.82) is 0 Å². The first-order valence-corrected chi connectivity index (χ1v) is 7.14. The quantitative estimate of drug-likeness (QED) is 0.812. The Morgan fingerprint density at radius 2 is 2.21 bits per heavy atom. The van der Waals surface area contributed by atoms with Gasteiger partial charge in [0.2, 0.25) is 0 Å². The SMILES string of the molecule is CN(Cc1cnn(C)c1)c1cc(Br)nc(C2CC2)n1. The maximum Gasteiger partial charge on any atom is 0.135 e. The van der Waals surface area contributed by atoms with Crippen molar-refractivity contribution >= 4 is 21.7 Å². The highest BCUT2D eigenvalue weighted by atomic mass is 79.9. The van der Waals surface area contributed by atoms with Crippen molar-refractivity contribution in [3.05, 3.63) is 34.5 Å². The average molecular weight is 322 g/mol. The van der Waals surface area contributed by atoms with Gasteiger partial charge in [-0.05, 0) is 28.8 Å². The standard InChI is InChI=1S/C13H16BrN5/c1-18(7-9-6-15-19(2)8-9)12-5-11(14)16-13(17-12)10-3-4-10/h5-6,8,10H,3-4,7H2,1-2H3. The predicted octanol–water partition coefficient (Wildman–Crippen LogP) is 2.49. The Hall–Kier alpha value is -1.43. The van der Waals surface area contributed by atoms with Crippen molar-refractivity contribution in [1.82, 2.24) is 19.7 Å². The number of aromatic nitrogens is 4. The fourth-order valence-corrected chi connectivity index (χ4v) is 2.44. The van der Waals surface area contributed by atoms with Gasteiger partial charge in [0, 0.05) is 44.4 Å². The maximum absolute atomic E-state index is 4.66. The summed E-state index contributed by atoms with van der Waals surface area (Å²) in [5, 5.41) is 4.18. The summed E-state index contributed by atoms with van der Waals surface area (Å²) in [6, 6.07) is 1.96. The highest BCUT2D eigenvalue weighted by Crippen LogP contribution is 2.39. The van der Waals surface area contributed by atoms with Gasteiger partial charge in [0.25, 0.3) is 0 Å². The Balaban J connectivity index is 1.80. The first-order valence-electron chi connectivity index (χ1n) is 6.35. The van der Waals surface area contributed by atoms with Crippen molar-refractivity contribution in [2.45, 2.75) is 25.3 Å². The summed E-state index contributed by atoms with van der Waals surface area (Å²) in [5.74, 6) is 2.47. The number of rotatable bonds is 4. The molecule has 1 aliphatic rings. The number of nitrogens with zero attached hydrogens (tertiary/aromatic N) is 5. The number of hydrogen-bond donors (Lipinski definition) is 0. The molecule has 2 heterocycles. The molecule has 5 nitrogen and oxygen atoms in total. The molecule has 19 heavy (non-hydrogen) atoms. The summed E-state index contributed by atoms with van der Waals surface area (Å²) in [6.45, 7) is 0.793. The number of anilines is 1. The third-order valence-corrected chi connectivity index (χ3v) is 3.62. The van der Waals surface area contributed by atoms with Crippen LogP contribution in [0.3, 0.4) is 0 Å². The fourth-order valence-electron chi connectivity index (χ4n) is 2.05. The van der Waals surface area contributed by atoms with E-state index in [0.717, 1.165) is 22.8 Å². The lowest BCUT2D eigenvalue weighted by Gasteiger charge is -2.18. The Labute approximate surface area is 120 Å². The molecule has 0 aliphatic heterocycles. The van der Waals surface area contributed by atoms with E-state index in [1.54, 1.807) is 0 Å². The van der Waals surface area contributed by atoms with Crippen LogP contribution in [0.1, 0.15) is 30.1 Å². The van der Waals surface area contributed by atoms with Gasteiger partial charge >= 0.3 is 0 Å². The molecule has 1 saturated carbocycles. The maximum atomic E-state index is 4.66. The summed E-state index contributed by atoms with van der Waals surface area (Å²) in [6.07, 6.45) is 6.33. The summed E-state index contributed by atoms with van der Waals surface area (Å²) in [5.41, 5.74) is 1.17. The molecular weight excluding hydrogens is 306 g/mol. The lowest BCUT2D eigenvalue weighted by molar-refractivity contribution is 0.766. The van der Waals surface area contributed by atoms with Gasteiger partial charge in [0.05, 0.1) is 6.20 Å². The Kier molecular flexibility index (Phi) is 3.26. The van der Waals surface area contributed by atoms with E-state index >= 15 is 0 Å². The summed E-state index contributed by atoms with van der Waals surface area (Å²) >= 11 is 3.47. The van der Waals surface area contributed by atoms with Gasteiger partial charge in [-0.3, -0.25) is 4.68 Å². The monoisotopic (exact) mass is 321 g/mol. The third kappa shape index (κ3) is 2.94. The van der Waals surface area contributed by atoms with Crippen LogP contribution in [0.5, 0.6) is 0 Å². The molecule has 2 aromatic rings. The van der Waals surface area contributed by atoms with Crippen molar-refractivity contribution in [3.8, 4) is 0 Å². The Morgan fingerprint density at radius 3 is 2.84 bits per heavy atom. The third-order valence-electron chi connectivity index (χ3n) is 3.21. The van der Waals surface area contributed by atoms with Gasteiger partial charge in [-0.25, -0.2) is 9.97 Å². The molecule has 1 fully saturated rings. The van der Waals surface area contributed by atoms with Gasteiger partial charge in [-0.2, -0.15) is 5.10 Å². The first-order chi connectivity index (χ1) is 9.11. The normalized spacial score (nSPS) is 14.7. The average Bonchev–Trinajstić information content (AvgIpc) is 3.13. The molecule has 6 heteroatoms. The molecule has 0 saturated heterocycles. The first kappa shape index (κ1) is 12.6. The van der Waals surface area contributed by atoms with Crippen LogP contribution in [0, 0.1) is 0 Å². The lowest BCUT2D eigenvalue weighted by atomic mass is 10.3.